The highest BCUT2D eigenvalue weighted by molar-refractivity contribution is 7.85. The standard InChI is InChI=1S/C13H20O6S/c1-17-7-8-18-13-4-3-11(9-12(13)10-14)5-6-19-20(2,15)16/h3-4,9,14H,5-8,10H2,1-2H3. The molecule has 1 rings (SSSR count). The molecule has 0 heterocycles. The zero-order chi connectivity index (χ0) is 15.0. The third-order valence-corrected chi connectivity index (χ3v) is 3.12. The lowest BCUT2D eigenvalue weighted by Crippen LogP contribution is -2.08. The molecule has 0 atom stereocenters. The topological polar surface area (TPSA) is 82.1 Å². The molecule has 0 unspecified atom stereocenters. The first-order valence-electron chi connectivity index (χ1n) is 6.15. The minimum Gasteiger partial charge on any atom is -0.491 e. The van der Waals surface area contributed by atoms with Crippen molar-refractivity contribution in [3.8, 4) is 5.75 Å². The minimum atomic E-state index is -3.42. The molecule has 0 aliphatic heterocycles. The highest BCUT2D eigenvalue weighted by atomic mass is 32.2. The van der Waals surface area contributed by atoms with E-state index in [-0.39, 0.29) is 13.2 Å². The maximum atomic E-state index is 10.9. The molecule has 0 aliphatic rings. The van der Waals surface area contributed by atoms with Crippen molar-refractivity contribution in [1.29, 1.82) is 0 Å². The quantitative estimate of drug-likeness (QED) is 0.535. The van der Waals surface area contributed by atoms with Crippen LogP contribution in [0.5, 0.6) is 5.75 Å². The van der Waals surface area contributed by atoms with Crippen LogP contribution >= 0.6 is 0 Å². The summed E-state index contributed by atoms with van der Waals surface area (Å²) in [6.45, 7) is 0.797. The van der Waals surface area contributed by atoms with Crippen LogP contribution in [0.25, 0.3) is 0 Å². The molecule has 0 saturated heterocycles. The van der Waals surface area contributed by atoms with Gasteiger partial charge in [0.1, 0.15) is 12.4 Å². The number of ether oxygens (including phenoxy) is 2. The zero-order valence-corrected chi connectivity index (χ0v) is 12.5. The van der Waals surface area contributed by atoms with Gasteiger partial charge < -0.3 is 14.6 Å². The van der Waals surface area contributed by atoms with E-state index >= 15 is 0 Å². The van der Waals surface area contributed by atoms with Gasteiger partial charge in [0.05, 0.1) is 26.1 Å². The Morgan fingerprint density at radius 3 is 2.55 bits per heavy atom. The highest BCUT2D eigenvalue weighted by Crippen LogP contribution is 2.20. The highest BCUT2D eigenvalue weighted by Gasteiger charge is 2.06. The summed E-state index contributed by atoms with van der Waals surface area (Å²) in [5, 5.41) is 9.32. The number of aliphatic hydroxyl groups is 1. The van der Waals surface area contributed by atoms with Crippen molar-refractivity contribution in [2.24, 2.45) is 0 Å². The van der Waals surface area contributed by atoms with Crippen molar-refractivity contribution >= 4 is 10.1 Å². The maximum absolute atomic E-state index is 10.9. The molecule has 0 aliphatic carbocycles. The summed E-state index contributed by atoms with van der Waals surface area (Å²) in [7, 11) is -1.84. The summed E-state index contributed by atoms with van der Waals surface area (Å²) in [5.41, 5.74) is 1.52. The Balaban J connectivity index is 2.62. The third kappa shape index (κ3) is 6.33. The van der Waals surface area contributed by atoms with Gasteiger partial charge in [0.25, 0.3) is 10.1 Å². The SMILES string of the molecule is COCCOc1ccc(CCOS(C)(=O)=O)cc1CO. The number of benzene rings is 1. The number of hydrogen-bond donors (Lipinski definition) is 1. The molecule has 0 fully saturated rings. The molecule has 0 aromatic heterocycles. The van der Waals surface area contributed by atoms with Gasteiger partial charge in [-0.2, -0.15) is 8.42 Å². The first kappa shape index (κ1) is 16.9. The maximum Gasteiger partial charge on any atom is 0.264 e. The van der Waals surface area contributed by atoms with Gasteiger partial charge in [-0.15, -0.1) is 0 Å². The van der Waals surface area contributed by atoms with Gasteiger partial charge in [-0.1, -0.05) is 6.07 Å². The molecule has 1 N–H and O–H groups in total. The van der Waals surface area contributed by atoms with Gasteiger partial charge in [-0.05, 0) is 24.1 Å². The van der Waals surface area contributed by atoms with Crippen molar-refractivity contribution in [2.75, 3.05) is 33.2 Å². The van der Waals surface area contributed by atoms with Crippen LogP contribution in [-0.4, -0.2) is 46.7 Å². The Hall–Kier alpha value is -1.15. The minimum absolute atomic E-state index is 0.0770. The van der Waals surface area contributed by atoms with Crippen molar-refractivity contribution in [2.45, 2.75) is 13.0 Å². The molecule has 1 aromatic rings. The molecule has 114 valence electrons. The first-order chi connectivity index (χ1) is 9.46. The average molecular weight is 304 g/mol. The summed E-state index contributed by atoms with van der Waals surface area (Å²) >= 11 is 0. The summed E-state index contributed by atoms with van der Waals surface area (Å²) in [6.07, 6.45) is 1.46. The molecule has 1 aromatic carbocycles. The summed E-state index contributed by atoms with van der Waals surface area (Å²) in [4.78, 5) is 0. The molecule has 0 spiro atoms. The van der Waals surface area contributed by atoms with E-state index in [2.05, 4.69) is 4.18 Å². The Morgan fingerprint density at radius 2 is 1.95 bits per heavy atom. The van der Waals surface area contributed by atoms with Gasteiger partial charge in [0, 0.05) is 12.7 Å². The second-order valence-electron chi connectivity index (χ2n) is 4.22. The molecule has 0 radical (unpaired) electrons. The fraction of sp³-hybridized carbons (Fsp3) is 0.538. The average Bonchev–Trinajstić information content (AvgIpc) is 2.38. The van der Waals surface area contributed by atoms with Crippen molar-refractivity contribution < 1.29 is 27.2 Å². The van der Waals surface area contributed by atoms with Crippen LogP contribution in [0, 0.1) is 0 Å². The van der Waals surface area contributed by atoms with Gasteiger partial charge in [-0.25, -0.2) is 0 Å². The van der Waals surface area contributed by atoms with Crippen LogP contribution in [0.4, 0.5) is 0 Å². The second-order valence-corrected chi connectivity index (χ2v) is 5.86. The van der Waals surface area contributed by atoms with Crippen LogP contribution in [-0.2, 0) is 32.1 Å². The van der Waals surface area contributed by atoms with Crippen molar-refractivity contribution in [3.63, 3.8) is 0 Å². The van der Waals surface area contributed by atoms with Crippen LogP contribution in [0.2, 0.25) is 0 Å². The van der Waals surface area contributed by atoms with E-state index in [0.29, 0.717) is 30.9 Å². The molecule has 20 heavy (non-hydrogen) atoms. The van der Waals surface area contributed by atoms with Crippen molar-refractivity contribution in [1.82, 2.24) is 0 Å². The summed E-state index contributed by atoms with van der Waals surface area (Å²) in [5.74, 6) is 0.595. The van der Waals surface area contributed by atoms with Crippen LogP contribution in [0.1, 0.15) is 11.1 Å². The van der Waals surface area contributed by atoms with E-state index in [1.165, 1.54) is 0 Å². The Labute approximate surface area is 119 Å². The van der Waals surface area contributed by atoms with Gasteiger partial charge in [0.2, 0.25) is 0 Å². The van der Waals surface area contributed by atoms with Crippen LogP contribution in [0.3, 0.4) is 0 Å². The van der Waals surface area contributed by atoms with Gasteiger partial charge >= 0.3 is 0 Å². The number of rotatable bonds is 9. The van der Waals surface area contributed by atoms with Crippen LogP contribution in [0.15, 0.2) is 18.2 Å². The smallest absolute Gasteiger partial charge is 0.264 e. The zero-order valence-electron chi connectivity index (χ0n) is 11.7. The van der Waals surface area contributed by atoms with Crippen molar-refractivity contribution in [3.05, 3.63) is 29.3 Å². The van der Waals surface area contributed by atoms with E-state index in [1.54, 1.807) is 19.2 Å². The predicted molar refractivity (Wildman–Crippen MR) is 74.2 cm³/mol. The lowest BCUT2D eigenvalue weighted by molar-refractivity contribution is 0.144. The lowest BCUT2D eigenvalue weighted by Gasteiger charge is -2.11. The van der Waals surface area contributed by atoms with Crippen LogP contribution < -0.4 is 4.74 Å². The van der Waals surface area contributed by atoms with E-state index < -0.39 is 10.1 Å². The largest absolute Gasteiger partial charge is 0.491 e. The molecule has 0 amide bonds. The molecule has 6 nitrogen and oxygen atoms in total. The third-order valence-electron chi connectivity index (χ3n) is 2.53. The monoisotopic (exact) mass is 304 g/mol. The second kappa shape index (κ2) is 8.21. The Bertz CT molecular complexity index is 512. The molecule has 0 bridgehead atoms. The number of hydrogen-bond acceptors (Lipinski definition) is 6. The number of aliphatic hydroxyl groups excluding tert-OH is 1. The Kier molecular flexibility index (Phi) is 6.94. The summed E-state index contributed by atoms with van der Waals surface area (Å²) < 4.78 is 36.7. The van der Waals surface area contributed by atoms with E-state index in [4.69, 9.17) is 9.47 Å². The fourth-order valence-electron chi connectivity index (χ4n) is 1.60. The lowest BCUT2D eigenvalue weighted by atomic mass is 10.1. The number of methoxy groups -OCH3 is 1. The summed E-state index contributed by atoms with van der Waals surface area (Å²) in [6, 6.07) is 5.33. The molecule has 7 heteroatoms. The van der Waals surface area contributed by atoms with E-state index in [1.807, 2.05) is 6.07 Å². The molecular weight excluding hydrogens is 284 g/mol. The predicted octanol–water partition coefficient (Wildman–Crippen LogP) is 0.723. The Morgan fingerprint density at radius 1 is 1.20 bits per heavy atom. The van der Waals surface area contributed by atoms with E-state index in [9.17, 15) is 13.5 Å². The normalized spacial score (nSPS) is 11.6. The van der Waals surface area contributed by atoms with Gasteiger partial charge in [-0.3, -0.25) is 4.18 Å². The molecule has 0 saturated carbocycles. The molecular formula is C13H20O6S. The van der Waals surface area contributed by atoms with Gasteiger partial charge in [0.15, 0.2) is 0 Å². The first-order valence-corrected chi connectivity index (χ1v) is 7.96. The fourth-order valence-corrected chi connectivity index (χ4v) is 1.98. The van der Waals surface area contributed by atoms with E-state index in [0.717, 1.165) is 11.8 Å².